The maximum absolute atomic E-state index is 13.0. The van der Waals surface area contributed by atoms with E-state index in [1.165, 1.54) is 18.4 Å². The molecule has 0 bridgehead atoms. The summed E-state index contributed by atoms with van der Waals surface area (Å²) in [5, 5.41) is 13.7. The maximum Gasteiger partial charge on any atom is 0.228 e. The van der Waals surface area contributed by atoms with Crippen molar-refractivity contribution in [2.75, 3.05) is 13.6 Å². The van der Waals surface area contributed by atoms with Crippen LogP contribution in [0.3, 0.4) is 0 Å². The van der Waals surface area contributed by atoms with Gasteiger partial charge in [0.15, 0.2) is 5.82 Å². The highest BCUT2D eigenvalue weighted by Crippen LogP contribution is 2.19. The Bertz CT molecular complexity index is 831. The summed E-state index contributed by atoms with van der Waals surface area (Å²) < 4.78 is 18.3. The van der Waals surface area contributed by atoms with E-state index in [0.717, 1.165) is 0 Å². The number of benzene rings is 1. The number of carbonyl (C=O) groups excluding carboxylic acids is 1. The average Bonchev–Trinajstić information content (AvgIpc) is 3.27. The number of amides is 1. The Kier molecular flexibility index (Phi) is 4.82. The minimum Gasteiger partial charge on any atom is -0.444 e. The van der Waals surface area contributed by atoms with Crippen LogP contribution in [0.2, 0.25) is 0 Å². The Hall–Kier alpha value is -3.10. The number of oxazole rings is 1. The first-order valence-electron chi connectivity index (χ1n) is 7.70. The second kappa shape index (κ2) is 7.20. The summed E-state index contributed by atoms with van der Waals surface area (Å²) in [7, 11) is 1.71. The van der Waals surface area contributed by atoms with Crippen LogP contribution in [-0.2, 0) is 11.2 Å². The molecule has 1 N–H and O–H groups in total. The number of H-pyrrole nitrogens is 1. The lowest BCUT2D eigenvalue weighted by molar-refractivity contribution is -0.129. The quantitative estimate of drug-likeness (QED) is 0.732. The number of halogens is 1. The number of hydrogen-bond donors (Lipinski definition) is 1. The van der Waals surface area contributed by atoms with Crippen LogP contribution in [0, 0.1) is 5.82 Å². The van der Waals surface area contributed by atoms with E-state index in [9.17, 15) is 9.18 Å². The van der Waals surface area contributed by atoms with Crippen molar-refractivity contribution in [3.63, 3.8) is 0 Å². The standard InChI is InChI=1S/C16H17FN6O2/c1-10(15-19-21-22-20-15)8-23(2)14(24)7-13-9-25-16(18-13)11-3-5-12(17)6-4-11/h3-6,9-10H,7-8H2,1-2H3,(H,19,20,21,22)/t10-/m1/s1. The number of carbonyl (C=O) groups is 1. The van der Waals surface area contributed by atoms with Crippen molar-refractivity contribution in [1.29, 1.82) is 0 Å². The molecule has 0 saturated carbocycles. The minimum absolute atomic E-state index is 0.0419. The van der Waals surface area contributed by atoms with Crippen molar-refractivity contribution >= 4 is 5.91 Å². The lowest BCUT2D eigenvalue weighted by Gasteiger charge is -2.19. The van der Waals surface area contributed by atoms with Gasteiger partial charge in [-0.1, -0.05) is 12.1 Å². The molecular formula is C16H17FN6O2. The van der Waals surface area contributed by atoms with E-state index in [4.69, 9.17) is 4.42 Å². The second-order valence-corrected chi connectivity index (χ2v) is 5.77. The van der Waals surface area contributed by atoms with Gasteiger partial charge in [0.2, 0.25) is 11.8 Å². The fraction of sp³-hybridized carbons (Fsp3) is 0.312. The molecule has 1 aromatic carbocycles. The molecule has 3 rings (SSSR count). The van der Waals surface area contributed by atoms with Crippen LogP contribution < -0.4 is 0 Å². The lowest BCUT2D eigenvalue weighted by atomic mass is 10.1. The van der Waals surface area contributed by atoms with E-state index in [0.29, 0.717) is 29.5 Å². The predicted octanol–water partition coefficient (Wildman–Crippen LogP) is 1.80. The zero-order chi connectivity index (χ0) is 17.8. The van der Waals surface area contributed by atoms with E-state index < -0.39 is 0 Å². The highest BCUT2D eigenvalue weighted by molar-refractivity contribution is 5.78. The molecule has 0 saturated heterocycles. The summed E-state index contributed by atoms with van der Waals surface area (Å²) >= 11 is 0. The Morgan fingerprint density at radius 2 is 2.12 bits per heavy atom. The molecule has 2 heterocycles. The largest absolute Gasteiger partial charge is 0.444 e. The molecule has 2 aromatic heterocycles. The Morgan fingerprint density at radius 3 is 2.80 bits per heavy atom. The summed E-state index contributed by atoms with van der Waals surface area (Å²) in [4.78, 5) is 18.2. The van der Waals surface area contributed by atoms with Crippen molar-refractivity contribution in [1.82, 2.24) is 30.5 Å². The van der Waals surface area contributed by atoms with Crippen molar-refractivity contribution in [2.24, 2.45) is 0 Å². The highest BCUT2D eigenvalue weighted by atomic mass is 19.1. The minimum atomic E-state index is -0.331. The van der Waals surface area contributed by atoms with Crippen LogP contribution in [-0.4, -0.2) is 50.0 Å². The molecule has 9 heteroatoms. The number of likely N-dealkylation sites (N-methyl/N-ethyl adjacent to an activating group) is 1. The molecule has 8 nitrogen and oxygen atoms in total. The number of rotatable bonds is 6. The van der Waals surface area contributed by atoms with Crippen LogP contribution in [0.4, 0.5) is 4.39 Å². The number of nitrogens with one attached hydrogen (secondary N) is 1. The predicted molar refractivity (Wildman–Crippen MR) is 85.8 cm³/mol. The SMILES string of the molecule is C[C@H](CN(C)C(=O)Cc1coc(-c2ccc(F)cc2)n1)c1nn[nH]n1. The fourth-order valence-electron chi connectivity index (χ4n) is 2.38. The van der Waals surface area contributed by atoms with Crippen molar-refractivity contribution in [2.45, 2.75) is 19.3 Å². The number of aromatic amines is 1. The molecule has 0 fully saturated rings. The Morgan fingerprint density at radius 1 is 1.36 bits per heavy atom. The zero-order valence-corrected chi connectivity index (χ0v) is 13.8. The van der Waals surface area contributed by atoms with Crippen LogP contribution in [0.15, 0.2) is 34.9 Å². The summed E-state index contributed by atoms with van der Waals surface area (Å²) in [6, 6.07) is 5.81. The number of aromatic nitrogens is 5. The van der Waals surface area contributed by atoms with Gasteiger partial charge in [-0.2, -0.15) is 5.21 Å². The smallest absolute Gasteiger partial charge is 0.228 e. The maximum atomic E-state index is 13.0. The molecule has 3 aromatic rings. The third-order valence-electron chi connectivity index (χ3n) is 3.75. The van der Waals surface area contributed by atoms with Gasteiger partial charge in [0.05, 0.1) is 12.1 Å². The first kappa shape index (κ1) is 16.7. The first-order valence-corrected chi connectivity index (χ1v) is 7.70. The van der Waals surface area contributed by atoms with Crippen molar-refractivity contribution in [3.8, 4) is 11.5 Å². The van der Waals surface area contributed by atoms with Gasteiger partial charge < -0.3 is 9.32 Å². The summed E-state index contributed by atoms with van der Waals surface area (Å²) in [6.45, 7) is 2.37. The third-order valence-corrected chi connectivity index (χ3v) is 3.75. The van der Waals surface area contributed by atoms with E-state index in [2.05, 4.69) is 25.6 Å². The van der Waals surface area contributed by atoms with Crippen LogP contribution in [0.1, 0.15) is 24.4 Å². The van der Waals surface area contributed by atoms with Gasteiger partial charge in [0.25, 0.3) is 0 Å². The van der Waals surface area contributed by atoms with Crippen molar-refractivity contribution < 1.29 is 13.6 Å². The van der Waals surface area contributed by atoms with E-state index in [-0.39, 0.29) is 24.1 Å². The highest BCUT2D eigenvalue weighted by Gasteiger charge is 2.18. The summed E-state index contributed by atoms with van der Waals surface area (Å²) in [5.41, 5.74) is 1.17. The van der Waals surface area contributed by atoms with E-state index in [1.807, 2.05) is 6.92 Å². The average molecular weight is 344 g/mol. The van der Waals surface area contributed by atoms with Gasteiger partial charge >= 0.3 is 0 Å². The van der Waals surface area contributed by atoms with Gasteiger partial charge in [0, 0.05) is 25.1 Å². The lowest BCUT2D eigenvalue weighted by Crippen LogP contribution is -2.32. The van der Waals surface area contributed by atoms with Gasteiger partial charge in [-0.15, -0.1) is 10.2 Å². The molecule has 0 aliphatic carbocycles. The molecule has 0 aliphatic heterocycles. The van der Waals surface area contributed by atoms with E-state index in [1.54, 1.807) is 24.1 Å². The van der Waals surface area contributed by atoms with Gasteiger partial charge in [0.1, 0.15) is 12.1 Å². The molecule has 1 amide bonds. The van der Waals surface area contributed by atoms with Crippen LogP contribution >= 0.6 is 0 Å². The summed E-state index contributed by atoms with van der Waals surface area (Å²) in [6.07, 6.45) is 1.55. The molecule has 25 heavy (non-hydrogen) atoms. The third kappa shape index (κ3) is 4.06. The summed E-state index contributed by atoms with van der Waals surface area (Å²) in [5.74, 6) is 0.433. The number of hydrogen-bond acceptors (Lipinski definition) is 6. The topological polar surface area (TPSA) is 101 Å². The normalized spacial score (nSPS) is 12.1. The van der Waals surface area contributed by atoms with Crippen LogP contribution in [0.5, 0.6) is 0 Å². The number of nitrogens with zero attached hydrogens (tertiary/aromatic N) is 5. The Labute approximate surface area is 143 Å². The first-order chi connectivity index (χ1) is 12.0. The second-order valence-electron chi connectivity index (χ2n) is 5.77. The Balaban J connectivity index is 1.60. The zero-order valence-electron chi connectivity index (χ0n) is 13.8. The van der Waals surface area contributed by atoms with Gasteiger partial charge in [-0.3, -0.25) is 4.79 Å². The molecule has 0 radical (unpaired) electrons. The monoisotopic (exact) mass is 344 g/mol. The molecule has 0 aliphatic rings. The van der Waals surface area contributed by atoms with E-state index >= 15 is 0 Å². The molecule has 0 spiro atoms. The fourth-order valence-corrected chi connectivity index (χ4v) is 2.38. The van der Waals surface area contributed by atoms with Crippen LogP contribution in [0.25, 0.3) is 11.5 Å². The molecular weight excluding hydrogens is 327 g/mol. The van der Waals surface area contributed by atoms with Crippen molar-refractivity contribution in [3.05, 3.63) is 47.9 Å². The molecule has 130 valence electrons. The molecule has 1 atom stereocenters. The van der Waals surface area contributed by atoms with Gasteiger partial charge in [-0.05, 0) is 24.3 Å². The number of tetrazole rings is 1. The van der Waals surface area contributed by atoms with Gasteiger partial charge in [-0.25, -0.2) is 9.37 Å². The molecule has 0 unspecified atom stereocenters.